The van der Waals surface area contributed by atoms with Crippen molar-refractivity contribution >= 4 is 49.0 Å². The van der Waals surface area contributed by atoms with Crippen LogP contribution >= 0.6 is 0 Å². The Bertz CT molecular complexity index is 2490. The zero-order valence-electron chi connectivity index (χ0n) is 29.6. The maximum absolute atomic E-state index is 13.5. The van der Waals surface area contributed by atoms with Gasteiger partial charge in [-0.3, -0.25) is 9.78 Å². The smallest absolute Gasteiger partial charge is 0.270 e. The van der Waals surface area contributed by atoms with Gasteiger partial charge < -0.3 is 10.2 Å². The molecule has 1 aliphatic carbocycles. The number of aromatic nitrogens is 1. The molecule has 0 saturated heterocycles. The molecule has 4 heteroatoms. The van der Waals surface area contributed by atoms with Crippen LogP contribution in [-0.4, -0.2) is 42.0 Å². The van der Waals surface area contributed by atoms with E-state index in [9.17, 15) is 4.79 Å². The molecule has 1 aliphatic rings. The number of amides is 1. The van der Waals surface area contributed by atoms with Crippen LogP contribution in [0.25, 0.3) is 76.5 Å². The third-order valence-corrected chi connectivity index (χ3v) is 11.1. The van der Waals surface area contributed by atoms with Crippen molar-refractivity contribution < 1.29 is 4.79 Å². The largest absolute Gasteiger partial charge is 0.346 e. The minimum Gasteiger partial charge on any atom is -0.346 e. The van der Waals surface area contributed by atoms with Gasteiger partial charge in [-0.2, -0.15) is 0 Å². The third-order valence-electron chi connectivity index (χ3n) is 11.1. The van der Waals surface area contributed by atoms with Crippen LogP contribution in [0.5, 0.6) is 0 Å². The Balaban J connectivity index is 1.20. The molecule has 254 valence electrons. The Labute approximate surface area is 304 Å². The SMILES string of the molecule is CN(C)[C@H]1CCCC[C@@H]1NC(=O)c1ccc(-c2cc(-c3cc4ccccc4c4ccccc34)cc(-c3cc4ccccc4c4ccccc34)c2)cn1. The maximum Gasteiger partial charge on any atom is 0.270 e. The van der Waals surface area contributed by atoms with E-state index in [2.05, 4.69) is 152 Å². The molecule has 1 amide bonds. The van der Waals surface area contributed by atoms with E-state index in [1.807, 2.05) is 18.3 Å². The van der Waals surface area contributed by atoms with Gasteiger partial charge in [0.05, 0.1) is 0 Å². The van der Waals surface area contributed by atoms with E-state index in [0.717, 1.165) is 41.5 Å². The van der Waals surface area contributed by atoms with Gasteiger partial charge in [0.15, 0.2) is 0 Å². The molecule has 0 spiro atoms. The minimum absolute atomic E-state index is 0.106. The molecule has 1 fully saturated rings. The zero-order valence-corrected chi connectivity index (χ0v) is 29.6. The fourth-order valence-electron chi connectivity index (χ4n) is 8.53. The van der Waals surface area contributed by atoms with E-state index >= 15 is 0 Å². The van der Waals surface area contributed by atoms with Crippen molar-refractivity contribution in [2.75, 3.05) is 14.1 Å². The first-order valence-electron chi connectivity index (χ1n) is 18.4. The number of benzene rings is 7. The van der Waals surface area contributed by atoms with Crippen molar-refractivity contribution in [3.05, 3.63) is 151 Å². The summed E-state index contributed by atoms with van der Waals surface area (Å²) in [5, 5.41) is 13.2. The second kappa shape index (κ2) is 13.4. The van der Waals surface area contributed by atoms with Crippen LogP contribution in [0, 0.1) is 0 Å². The monoisotopic (exact) mass is 675 g/mol. The average molecular weight is 676 g/mol. The maximum atomic E-state index is 13.5. The van der Waals surface area contributed by atoms with Gasteiger partial charge in [0, 0.05) is 23.8 Å². The summed E-state index contributed by atoms with van der Waals surface area (Å²) in [6.07, 6.45) is 6.29. The van der Waals surface area contributed by atoms with E-state index in [-0.39, 0.29) is 11.9 Å². The van der Waals surface area contributed by atoms with Gasteiger partial charge in [-0.05, 0) is 134 Å². The van der Waals surface area contributed by atoms with Gasteiger partial charge in [0.2, 0.25) is 0 Å². The fourth-order valence-corrected chi connectivity index (χ4v) is 8.53. The summed E-state index contributed by atoms with van der Waals surface area (Å²) in [4.78, 5) is 20.5. The van der Waals surface area contributed by atoms with Crippen molar-refractivity contribution in [3.8, 4) is 33.4 Å². The fraction of sp³-hybridized carbons (Fsp3) is 0.167. The van der Waals surface area contributed by atoms with Gasteiger partial charge in [-0.15, -0.1) is 0 Å². The molecule has 0 unspecified atom stereocenters. The molecule has 0 bridgehead atoms. The van der Waals surface area contributed by atoms with Crippen molar-refractivity contribution in [1.29, 1.82) is 0 Å². The number of carbonyl (C=O) groups excluding carboxylic acids is 1. The number of hydrogen-bond donors (Lipinski definition) is 1. The predicted molar refractivity (Wildman–Crippen MR) is 218 cm³/mol. The highest BCUT2D eigenvalue weighted by Gasteiger charge is 2.28. The summed E-state index contributed by atoms with van der Waals surface area (Å²) >= 11 is 0. The van der Waals surface area contributed by atoms with Gasteiger partial charge in [0.25, 0.3) is 5.91 Å². The number of carbonyl (C=O) groups is 1. The average Bonchev–Trinajstić information content (AvgIpc) is 3.20. The topological polar surface area (TPSA) is 45.2 Å². The van der Waals surface area contributed by atoms with Crippen molar-refractivity contribution in [2.45, 2.75) is 37.8 Å². The lowest BCUT2D eigenvalue weighted by atomic mass is 9.87. The molecule has 1 heterocycles. The number of nitrogens with one attached hydrogen (secondary N) is 1. The molecule has 2 atom stereocenters. The molecule has 9 rings (SSSR count). The Hall–Kier alpha value is -5.84. The normalized spacial score (nSPS) is 16.2. The zero-order chi connectivity index (χ0) is 35.2. The molecule has 7 aromatic carbocycles. The highest BCUT2D eigenvalue weighted by molar-refractivity contribution is 6.16. The lowest BCUT2D eigenvalue weighted by Crippen LogP contribution is -2.51. The first kappa shape index (κ1) is 32.1. The molecule has 0 radical (unpaired) electrons. The molecule has 8 aromatic rings. The number of fused-ring (bicyclic) bond motifs is 6. The Kier molecular flexibility index (Phi) is 8.25. The molecule has 1 saturated carbocycles. The number of pyridine rings is 1. The van der Waals surface area contributed by atoms with Crippen molar-refractivity contribution in [2.24, 2.45) is 0 Å². The van der Waals surface area contributed by atoms with Gasteiger partial charge in [-0.1, -0.05) is 116 Å². The number of nitrogens with zero attached hydrogens (tertiary/aromatic N) is 2. The van der Waals surface area contributed by atoms with Gasteiger partial charge >= 0.3 is 0 Å². The van der Waals surface area contributed by atoms with Crippen LogP contribution in [0.15, 0.2) is 146 Å². The van der Waals surface area contributed by atoms with Crippen LogP contribution in [-0.2, 0) is 0 Å². The van der Waals surface area contributed by atoms with Crippen LogP contribution in [0.4, 0.5) is 0 Å². The van der Waals surface area contributed by atoms with Gasteiger partial charge in [0.1, 0.15) is 5.69 Å². The van der Waals surface area contributed by atoms with Crippen molar-refractivity contribution in [3.63, 3.8) is 0 Å². The van der Waals surface area contributed by atoms with E-state index in [1.54, 1.807) is 0 Å². The quantitative estimate of drug-likeness (QED) is 0.178. The summed E-state index contributed by atoms with van der Waals surface area (Å²) in [6, 6.07) is 50.7. The second-order valence-corrected chi connectivity index (χ2v) is 14.5. The van der Waals surface area contributed by atoms with Crippen LogP contribution in [0.2, 0.25) is 0 Å². The first-order chi connectivity index (χ1) is 25.5. The lowest BCUT2D eigenvalue weighted by Gasteiger charge is -2.36. The summed E-state index contributed by atoms with van der Waals surface area (Å²) in [7, 11) is 4.21. The molecular weight excluding hydrogens is 635 g/mol. The summed E-state index contributed by atoms with van der Waals surface area (Å²) < 4.78 is 0. The second-order valence-electron chi connectivity index (χ2n) is 14.5. The summed E-state index contributed by atoms with van der Waals surface area (Å²) in [5.74, 6) is -0.106. The molecule has 1 N–H and O–H groups in total. The number of rotatable bonds is 6. The summed E-state index contributed by atoms with van der Waals surface area (Å²) in [6.45, 7) is 0. The molecule has 52 heavy (non-hydrogen) atoms. The highest BCUT2D eigenvalue weighted by Crippen LogP contribution is 2.41. The highest BCUT2D eigenvalue weighted by atomic mass is 16.2. The minimum atomic E-state index is -0.106. The van der Waals surface area contributed by atoms with E-state index in [4.69, 9.17) is 4.98 Å². The van der Waals surface area contributed by atoms with Crippen molar-refractivity contribution in [1.82, 2.24) is 15.2 Å². The number of likely N-dealkylation sites (N-methyl/N-ethyl adjacent to an activating group) is 1. The Morgan fingerprint density at radius 2 is 1.06 bits per heavy atom. The molecular formula is C48H41N3O. The third kappa shape index (κ3) is 5.79. The van der Waals surface area contributed by atoms with E-state index in [1.165, 1.54) is 60.6 Å². The number of hydrogen-bond acceptors (Lipinski definition) is 3. The Morgan fingerprint density at radius 1 is 0.558 bits per heavy atom. The molecule has 4 nitrogen and oxygen atoms in total. The van der Waals surface area contributed by atoms with Crippen LogP contribution in [0.3, 0.4) is 0 Å². The van der Waals surface area contributed by atoms with E-state index < -0.39 is 0 Å². The molecule has 1 aromatic heterocycles. The van der Waals surface area contributed by atoms with Crippen LogP contribution < -0.4 is 5.32 Å². The molecule has 0 aliphatic heterocycles. The standard InChI is InChI=1S/C48H41N3O/c1-51(2)47-22-12-11-21-45(47)50-48(52)46-24-23-33(30-49-46)34-25-35(43-28-31-13-3-5-15-37(31)39-17-7-9-19-41(39)43)27-36(26-34)44-29-32-14-4-6-16-38(32)40-18-8-10-20-42(40)44/h3-10,13-20,23-30,45,47H,11-12,21-22H2,1-2H3,(H,50,52)/t45-,47-/m0/s1. The predicted octanol–water partition coefficient (Wildman–Crippen LogP) is 11.3. The van der Waals surface area contributed by atoms with Crippen LogP contribution in [0.1, 0.15) is 36.2 Å². The Morgan fingerprint density at radius 3 is 1.60 bits per heavy atom. The first-order valence-corrected chi connectivity index (χ1v) is 18.4. The van der Waals surface area contributed by atoms with E-state index in [0.29, 0.717) is 11.7 Å². The lowest BCUT2D eigenvalue weighted by molar-refractivity contribution is 0.0878. The van der Waals surface area contributed by atoms with Gasteiger partial charge in [-0.25, -0.2) is 0 Å². The summed E-state index contributed by atoms with van der Waals surface area (Å²) in [5.41, 5.74) is 7.13.